The number of piperazine rings is 1. The molecule has 4 rings (SSSR count). The molecule has 1 aromatic rings. The van der Waals surface area contributed by atoms with Gasteiger partial charge in [-0.25, -0.2) is 0 Å². The number of benzene rings is 1. The number of nitrogens with zero attached hydrogens (tertiary/aromatic N) is 2. The fourth-order valence-electron chi connectivity index (χ4n) is 4.76. The van der Waals surface area contributed by atoms with Crippen LogP contribution in [0.25, 0.3) is 0 Å². The van der Waals surface area contributed by atoms with Gasteiger partial charge in [0, 0.05) is 43.2 Å². The van der Waals surface area contributed by atoms with E-state index < -0.39 is 0 Å². The van der Waals surface area contributed by atoms with Gasteiger partial charge in [-0.2, -0.15) is 0 Å². The Bertz CT molecular complexity index is 478. The lowest BCUT2D eigenvalue weighted by Crippen LogP contribution is -2.51. The molecule has 0 radical (unpaired) electrons. The van der Waals surface area contributed by atoms with Crippen molar-refractivity contribution in [1.29, 1.82) is 0 Å². The Morgan fingerprint density at radius 3 is 2.33 bits per heavy atom. The second kappa shape index (κ2) is 6.02. The largest absolute Gasteiger partial charge is 0.298 e. The number of rotatable bonds is 3. The summed E-state index contributed by atoms with van der Waals surface area (Å²) in [6, 6.07) is 9.72. The maximum Gasteiger partial charge on any atom is 0.0234 e. The molecular weight excluding hydrogens is 324 g/mol. The van der Waals surface area contributed by atoms with Gasteiger partial charge in [0.2, 0.25) is 0 Å². The Balaban J connectivity index is 1.29. The van der Waals surface area contributed by atoms with Gasteiger partial charge in [0.05, 0.1) is 0 Å². The molecule has 0 N–H and O–H groups in total. The molecule has 1 saturated heterocycles. The average Bonchev–Trinajstić information content (AvgIpc) is 3.13. The number of halogens is 1. The second-order valence-electron chi connectivity index (χ2n) is 7.18. The molecule has 1 heterocycles. The van der Waals surface area contributed by atoms with E-state index in [1.165, 1.54) is 61.9 Å². The third-order valence-electron chi connectivity index (χ3n) is 5.90. The van der Waals surface area contributed by atoms with Crippen molar-refractivity contribution in [1.82, 2.24) is 9.80 Å². The zero-order chi connectivity index (χ0) is 14.2. The first kappa shape index (κ1) is 14.2. The Hall–Kier alpha value is -0.380. The Morgan fingerprint density at radius 2 is 1.71 bits per heavy atom. The van der Waals surface area contributed by atoms with Crippen molar-refractivity contribution in [2.75, 3.05) is 26.2 Å². The summed E-state index contributed by atoms with van der Waals surface area (Å²) in [5, 5.41) is 0. The maximum absolute atomic E-state index is 3.51. The van der Waals surface area contributed by atoms with E-state index in [0.29, 0.717) is 0 Å². The molecule has 3 fully saturated rings. The van der Waals surface area contributed by atoms with E-state index in [-0.39, 0.29) is 0 Å². The minimum atomic E-state index is 0.929. The van der Waals surface area contributed by atoms with E-state index in [2.05, 4.69) is 50.0 Å². The SMILES string of the molecule is Brc1ccc(CN2CCN([C@H]3C[C@H]4CC[C@H]3C4)CC2)cc1. The number of hydrogen-bond acceptors (Lipinski definition) is 2. The lowest BCUT2D eigenvalue weighted by atomic mass is 9.93. The highest BCUT2D eigenvalue weighted by atomic mass is 79.9. The molecular formula is C18H25BrN2. The van der Waals surface area contributed by atoms with Gasteiger partial charge in [0.1, 0.15) is 0 Å². The third kappa shape index (κ3) is 3.06. The van der Waals surface area contributed by atoms with Crippen molar-refractivity contribution in [2.45, 2.75) is 38.3 Å². The summed E-state index contributed by atoms with van der Waals surface area (Å²) in [6.45, 7) is 6.15. The van der Waals surface area contributed by atoms with Gasteiger partial charge in [-0.05, 0) is 48.8 Å². The van der Waals surface area contributed by atoms with Gasteiger partial charge in [-0.1, -0.05) is 34.5 Å². The van der Waals surface area contributed by atoms with Crippen LogP contribution in [0.5, 0.6) is 0 Å². The normalized spacial score (nSPS) is 33.7. The lowest BCUT2D eigenvalue weighted by Gasteiger charge is -2.41. The van der Waals surface area contributed by atoms with Crippen molar-refractivity contribution in [3.05, 3.63) is 34.3 Å². The summed E-state index contributed by atoms with van der Waals surface area (Å²) in [6.07, 6.45) is 6.06. The molecule has 2 bridgehead atoms. The molecule has 1 aromatic carbocycles. The van der Waals surface area contributed by atoms with Crippen molar-refractivity contribution in [3.8, 4) is 0 Å². The minimum Gasteiger partial charge on any atom is -0.298 e. The zero-order valence-corrected chi connectivity index (χ0v) is 14.3. The van der Waals surface area contributed by atoms with Gasteiger partial charge in [-0.3, -0.25) is 9.80 Å². The van der Waals surface area contributed by atoms with E-state index in [1.54, 1.807) is 0 Å². The number of fused-ring (bicyclic) bond motifs is 2. The molecule has 2 nitrogen and oxygen atoms in total. The standard InChI is InChI=1S/C18H25BrN2/c19-17-5-2-14(3-6-17)13-20-7-9-21(10-8-20)18-12-15-1-4-16(18)11-15/h2-3,5-6,15-16,18H,1,4,7-13H2/t15-,16-,18-/m0/s1. The number of hydrogen-bond donors (Lipinski definition) is 0. The van der Waals surface area contributed by atoms with Crippen LogP contribution < -0.4 is 0 Å². The molecule has 2 aliphatic carbocycles. The first-order valence-electron chi connectivity index (χ1n) is 8.49. The molecule has 3 aliphatic rings. The quantitative estimate of drug-likeness (QED) is 0.820. The van der Waals surface area contributed by atoms with Crippen LogP contribution in [0.4, 0.5) is 0 Å². The van der Waals surface area contributed by atoms with Gasteiger partial charge >= 0.3 is 0 Å². The third-order valence-corrected chi connectivity index (χ3v) is 6.42. The van der Waals surface area contributed by atoms with E-state index in [0.717, 1.165) is 24.4 Å². The minimum absolute atomic E-state index is 0.929. The van der Waals surface area contributed by atoms with Crippen LogP contribution >= 0.6 is 15.9 Å². The van der Waals surface area contributed by atoms with Crippen LogP contribution in [-0.2, 0) is 6.54 Å². The van der Waals surface area contributed by atoms with Crippen LogP contribution in [-0.4, -0.2) is 42.0 Å². The average molecular weight is 349 g/mol. The van der Waals surface area contributed by atoms with Crippen LogP contribution in [0.3, 0.4) is 0 Å². The molecule has 3 heteroatoms. The summed E-state index contributed by atoms with van der Waals surface area (Å²) in [4.78, 5) is 5.43. The van der Waals surface area contributed by atoms with Crippen molar-refractivity contribution >= 4 is 15.9 Å². The second-order valence-corrected chi connectivity index (χ2v) is 8.10. The molecule has 0 unspecified atom stereocenters. The Morgan fingerprint density at radius 1 is 0.952 bits per heavy atom. The first-order chi connectivity index (χ1) is 10.3. The highest BCUT2D eigenvalue weighted by molar-refractivity contribution is 9.10. The van der Waals surface area contributed by atoms with E-state index in [9.17, 15) is 0 Å². The van der Waals surface area contributed by atoms with E-state index in [1.807, 2.05) is 0 Å². The molecule has 21 heavy (non-hydrogen) atoms. The van der Waals surface area contributed by atoms with Gasteiger partial charge < -0.3 is 0 Å². The van der Waals surface area contributed by atoms with Crippen molar-refractivity contribution in [2.24, 2.45) is 11.8 Å². The van der Waals surface area contributed by atoms with Gasteiger partial charge in [-0.15, -0.1) is 0 Å². The maximum atomic E-state index is 3.51. The van der Waals surface area contributed by atoms with Gasteiger partial charge in [0.25, 0.3) is 0 Å². The first-order valence-corrected chi connectivity index (χ1v) is 9.28. The lowest BCUT2D eigenvalue weighted by molar-refractivity contribution is 0.0679. The predicted molar refractivity (Wildman–Crippen MR) is 90.2 cm³/mol. The van der Waals surface area contributed by atoms with Crippen LogP contribution in [0.2, 0.25) is 0 Å². The van der Waals surface area contributed by atoms with E-state index >= 15 is 0 Å². The van der Waals surface area contributed by atoms with Crippen LogP contribution in [0.1, 0.15) is 31.2 Å². The summed E-state index contributed by atoms with van der Waals surface area (Å²) in [7, 11) is 0. The van der Waals surface area contributed by atoms with Crippen molar-refractivity contribution < 1.29 is 0 Å². The van der Waals surface area contributed by atoms with E-state index in [4.69, 9.17) is 0 Å². The summed E-state index contributed by atoms with van der Waals surface area (Å²) >= 11 is 3.51. The van der Waals surface area contributed by atoms with Crippen LogP contribution in [0, 0.1) is 11.8 Å². The summed E-state index contributed by atoms with van der Waals surface area (Å²) in [5.41, 5.74) is 1.44. The highest BCUT2D eigenvalue weighted by Crippen LogP contribution is 2.46. The topological polar surface area (TPSA) is 6.48 Å². The molecule has 0 spiro atoms. The molecule has 0 aromatic heterocycles. The zero-order valence-electron chi connectivity index (χ0n) is 12.7. The fourth-order valence-corrected chi connectivity index (χ4v) is 5.02. The molecule has 0 amide bonds. The van der Waals surface area contributed by atoms with Crippen LogP contribution in [0.15, 0.2) is 28.7 Å². The monoisotopic (exact) mass is 348 g/mol. The van der Waals surface area contributed by atoms with Crippen molar-refractivity contribution in [3.63, 3.8) is 0 Å². The fraction of sp³-hybridized carbons (Fsp3) is 0.667. The highest BCUT2D eigenvalue weighted by Gasteiger charge is 2.42. The Labute approximate surface area is 136 Å². The Kier molecular flexibility index (Phi) is 4.08. The molecule has 1 aliphatic heterocycles. The molecule has 2 saturated carbocycles. The van der Waals surface area contributed by atoms with Gasteiger partial charge in [0.15, 0.2) is 0 Å². The molecule has 114 valence electrons. The molecule has 3 atom stereocenters. The summed E-state index contributed by atoms with van der Waals surface area (Å²) in [5.74, 6) is 2.11. The predicted octanol–water partition coefficient (Wildman–Crippen LogP) is 3.76. The summed E-state index contributed by atoms with van der Waals surface area (Å²) < 4.78 is 1.17. The smallest absolute Gasteiger partial charge is 0.0234 e.